The second-order valence-corrected chi connectivity index (χ2v) is 7.60. The number of hydrogen-bond donors (Lipinski definition) is 0. The molecule has 6 nitrogen and oxygen atoms in total. The van der Waals surface area contributed by atoms with Crippen molar-refractivity contribution in [3.05, 3.63) is 57.6 Å². The van der Waals surface area contributed by atoms with Crippen LogP contribution in [0.3, 0.4) is 0 Å². The van der Waals surface area contributed by atoms with Crippen LogP contribution in [0.5, 0.6) is 11.5 Å². The van der Waals surface area contributed by atoms with Crippen LogP contribution >= 0.6 is 11.6 Å². The van der Waals surface area contributed by atoms with E-state index in [4.69, 9.17) is 26.3 Å². The fraction of sp³-hybridized carbons (Fsp3) is 0.318. The number of amides is 1. The van der Waals surface area contributed by atoms with Crippen LogP contribution in [0.15, 0.2) is 30.3 Å². The Morgan fingerprint density at radius 3 is 2.44 bits per heavy atom. The van der Waals surface area contributed by atoms with Crippen molar-refractivity contribution in [1.82, 2.24) is 4.90 Å². The molecule has 0 unspecified atom stereocenters. The second kappa shape index (κ2) is 8.97. The van der Waals surface area contributed by atoms with Crippen molar-refractivity contribution >= 4 is 17.5 Å². The molecule has 166 valence electrons. The van der Waals surface area contributed by atoms with Gasteiger partial charge in [0, 0.05) is 24.0 Å². The van der Waals surface area contributed by atoms with E-state index < -0.39 is 18.2 Å². The first kappa shape index (κ1) is 23.2. The van der Waals surface area contributed by atoms with Gasteiger partial charge in [-0.2, -0.15) is 23.7 Å². The molecule has 0 spiro atoms. The SMILES string of the molecule is COc1c(C#N)ccc(O[C@@H](C)C(F)(F)F)c1C(=O)N1CC(c2ccc(C#N)cc2Cl)C1. The van der Waals surface area contributed by atoms with Crippen molar-refractivity contribution < 1.29 is 27.4 Å². The van der Waals surface area contributed by atoms with Gasteiger partial charge in [-0.1, -0.05) is 17.7 Å². The van der Waals surface area contributed by atoms with E-state index in [0.717, 1.165) is 18.6 Å². The van der Waals surface area contributed by atoms with Crippen molar-refractivity contribution in [3.63, 3.8) is 0 Å². The summed E-state index contributed by atoms with van der Waals surface area (Å²) in [6, 6.07) is 11.1. The van der Waals surface area contributed by atoms with Crippen molar-refractivity contribution in [2.75, 3.05) is 20.2 Å². The zero-order valence-corrected chi connectivity index (χ0v) is 17.8. The van der Waals surface area contributed by atoms with Crippen molar-refractivity contribution in [2.24, 2.45) is 0 Å². The smallest absolute Gasteiger partial charge is 0.425 e. The number of benzene rings is 2. The molecular formula is C22H17ClF3N3O3. The molecular weight excluding hydrogens is 447 g/mol. The molecule has 1 atom stereocenters. The highest BCUT2D eigenvalue weighted by Gasteiger charge is 2.41. The summed E-state index contributed by atoms with van der Waals surface area (Å²) in [4.78, 5) is 14.6. The lowest BCUT2D eigenvalue weighted by molar-refractivity contribution is -0.189. The Balaban J connectivity index is 1.89. The van der Waals surface area contributed by atoms with Crippen molar-refractivity contribution in [2.45, 2.75) is 25.1 Å². The van der Waals surface area contributed by atoms with E-state index >= 15 is 0 Å². The summed E-state index contributed by atoms with van der Waals surface area (Å²) < 4.78 is 49.3. The minimum absolute atomic E-state index is 0.00456. The molecule has 1 heterocycles. The van der Waals surface area contributed by atoms with Gasteiger partial charge in [0.05, 0.1) is 24.3 Å². The summed E-state index contributed by atoms with van der Waals surface area (Å²) in [6.45, 7) is 1.32. The lowest BCUT2D eigenvalue weighted by Gasteiger charge is -2.40. The molecule has 1 amide bonds. The van der Waals surface area contributed by atoms with Crippen LogP contribution in [0.25, 0.3) is 0 Å². The third-order valence-corrected chi connectivity index (χ3v) is 5.49. The predicted molar refractivity (Wildman–Crippen MR) is 109 cm³/mol. The molecule has 1 saturated heterocycles. The van der Waals surface area contributed by atoms with Crippen LogP contribution in [-0.4, -0.2) is 43.3 Å². The molecule has 0 N–H and O–H groups in total. The monoisotopic (exact) mass is 463 g/mol. The number of nitriles is 2. The number of halogens is 4. The molecule has 3 rings (SSSR count). The number of hydrogen-bond acceptors (Lipinski definition) is 5. The average Bonchev–Trinajstić information content (AvgIpc) is 2.72. The highest BCUT2D eigenvalue weighted by Crippen LogP contribution is 2.39. The van der Waals surface area contributed by atoms with Gasteiger partial charge in [0.1, 0.15) is 17.4 Å². The van der Waals surface area contributed by atoms with Gasteiger partial charge in [0.15, 0.2) is 11.9 Å². The largest absolute Gasteiger partial charge is 0.494 e. The molecule has 0 bridgehead atoms. The van der Waals surface area contributed by atoms with Crippen LogP contribution in [-0.2, 0) is 0 Å². The summed E-state index contributed by atoms with van der Waals surface area (Å²) in [6.07, 6.45) is -6.82. The highest BCUT2D eigenvalue weighted by molar-refractivity contribution is 6.31. The Morgan fingerprint density at radius 2 is 1.91 bits per heavy atom. The van der Waals surface area contributed by atoms with Crippen LogP contribution in [0.2, 0.25) is 5.02 Å². The molecule has 32 heavy (non-hydrogen) atoms. The van der Waals surface area contributed by atoms with Gasteiger partial charge in [-0.25, -0.2) is 0 Å². The van der Waals surface area contributed by atoms with Gasteiger partial charge >= 0.3 is 6.18 Å². The summed E-state index contributed by atoms with van der Waals surface area (Å²) in [5.74, 6) is -1.20. The minimum Gasteiger partial charge on any atom is -0.494 e. The van der Waals surface area contributed by atoms with Gasteiger partial charge in [-0.3, -0.25) is 4.79 Å². The number of nitrogens with zero attached hydrogens (tertiary/aromatic N) is 3. The molecule has 0 radical (unpaired) electrons. The van der Waals surface area contributed by atoms with Crippen LogP contribution < -0.4 is 9.47 Å². The van der Waals surface area contributed by atoms with Crippen LogP contribution in [0.4, 0.5) is 13.2 Å². The van der Waals surface area contributed by atoms with E-state index in [2.05, 4.69) is 0 Å². The number of alkyl halides is 3. The van der Waals surface area contributed by atoms with E-state index in [1.54, 1.807) is 12.1 Å². The van der Waals surface area contributed by atoms with Crippen molar-refractivity contribution in [3.8, 4) is 23.6 Å². The second-order valence-electron chi connectivity index (χ2n) is 7.19. The Bertz CT molecular complexity index is 1130. The molecule has 1 fully saturated rings. The van der Waals surface area contributed by atoms with Crippen molar-refractivity contribution in [1.29, 1.82) is 10.5 Å². The number of ether oxygens (including phenoxy) is 2. The molecule has 2 aromatic rings. The zero-order chi connectivity index (χ0) is 23.6. The maximum Gasteiger partial charge on any atom is 0.425 e. The minimum atomic E-state index is -4.64. The Labute approximate surface area is 187 Å². The van der Waals surface area contributed by atoms with Gasteiger partial charge in [-0.15, -0.1) is 0 Å². The summed E-state index contributed by atoms with van der Waals surface area (Å²) >= 11 is 6.24. The van der Waals surface area contributed by atoms with E-state index in [1.807, 2.05) is 12.1 Å². The summed E-state index contributed by atoms with van der Waals surface area (Å²) in [7, 11) is 1.22. The number of carbonyl (C=O) groups is 1. The summed E-state index contributed by atoms with van der Waals surface area (Å²) in [5.41, 5.74) is 0.918. The number of methoxy groups -OCH3 is 1. The fourth-order valence-electron chi connectivity index (χ4n) is 3.35. The van der Waals surface area contributed by atoms with E-state index in [0.29, 0.717) is 10.6 Å². The topological polar surface area (TPSA) is 86.3 Å². The first-order chi connectivity index (χ1) is 15.1. The quantitative estimate of drug-likeness (QED) is 0.643. The molecule has 10 heteroatoms. The first-order valence-corrected chi connectivity index (χ1v) is 9.81. The molecule has 0 aromatic heterocycles. The molecule has 2 aromatic carbocycles. The lowest BCUT2D eigenvalue weighted by atomic mass is 9.90. The summed E-state index contributed by atoms with van der Waals surface area (Å²) in [5, 5.41) is 18.7. The van der Waals surface area contributed by atoms with E-state index in [9.17, 15) is 23.2 Å². The average molecular weight is 464 g/mol. The molecule has 0 aliphatic carbocycles. The Hall–Kier alpha value is -3.43. The van der Waals surface area contributed by atoms with Crippen LogP contribution in [0.1, 0.15) is 39.9 Å². The predicted octanol–water partition coefficient (Wildman–Crippen LogP) is 4.66. The standard InChI is InChI=1S/C22H17ClF3N3O3/c1-12(22(24,25)26)32-18-6-4-14(9-28)20(31-2)19(18)21(30)29-10-15(11-29)16-5-3-13(8-27)7-17(16)23/h3-7,12,15H,10-11H2,1-2H3/t12-/m0/s1. The zero-order valence-electron chi connectivity index (χ0n) is 17.0. The van der Waals surface area contributed by atoms with Crippen LogP contribution in [0, 0.1) is 22.7 Å². The molecule has 1 aliphatic heterocycles. The normalized spacial score (nSPS) is 14.7. The fourth-order valence-corrected chi connectivity index (χ4v) is 3.68. The van der Waals surface area contributed by atoms with Gasteiger partial charge in [0.25, 0.3) is 5.91 Å². The third-order valence-electron chi connectivity index (χ3n) is 5.16. The molecule has 1 aliphatic rings. The number of carbonyl (C=O) groups excluding carboxylic acids is 1. The highest BCUT2D eigenvalue weighted by atomic mass is 35.5. The van der Waals surface area contributed by atoms with Gasteiger partial charge in [0.2, 0.25) is 0 Å². The number of rotatable bonds is 5. The third kappa shape index (κ3) is 4.44. The Kier molecular flexibility index (Phi) is 6.52. The molecule has 0 saturated carbocycles. The van der Waals surface area contributed by atoms with Gasteiger partial charge < -0.3 is 14.4 Å². The lowest BCUT2D eigenvalue weighted by Crippen LogP contribution is -2.48. The van der Waals surface area contributed by atoms with E-state index in [-0.39, 0.29) is 41.6 Å². The number of likely N-dealkylation sites (tertiary alicyclic amines) is 1. The van der Waals surface area contributed by atoms with Gasteiger partial charge in [-0.05, 0) is 36.8 Å². The first-order valence-electron chi connectivity index (χ1n) is 9.44. The Morgan fingerprint density at radius 1 is 1.22 bits per heavy atom. The van der Waals surface area contributed by atoms with E-state index in [1.165, 1.54) is 24.1 Å². The maximum atomic E-state index is 13.2. The maximum absolute atomic E-state index is 13.2.